The van der Waals surface area contributed by atoms with Gasteiger partial charge in [0.15, 0.2) is 0 Å². The summed E-state index contributed by atoms with van der Waals surface area (Å²) in [7, 11) is 0. The van der Waals surface area contributed by atoms with E-state index in [2.05, 4.69) is 4.98 Å². The minimum atomic E-state index is 0.501. The third-order valence-corrected chi connectivity index (χ3v) is 2.13. The van der Waals surface area contributed by atoms with Crippen molar-refractivity contribution < 1.29 is 4.74 Å². The van der Waals surface area contributed by atoms with Crippen LogP contribution < -0.4 is 4.74 Å². The van der Waals surface area contributed by atoms with Crippen molar-refractivity contribution >= 4 is 22.4 Å². The van der Waals surface area contributed by atoms with Gasteiger partial charge < -0.3 is 4.74 Å². The van der Waals surface area contributed by atoms with E-state index in [4.69, 9.17) is 16.3 Å². The normalized spacial score (nSPS) is 10.4. The van der Waals surface area contributed by atoms with Crippen LogP contribution in [0.15, 0.2) is 36.7 Å². The van der Waals surface area contributed by atoms with E-state index in [0.717, 1.165) is 16.5 Å². The van der Waals surface area contributed by atoms with Gasteiger partial charge in [-0.15, -0.1) is 11.6 Å². The molecule has 0 spiro atoms. The monoisotopic (exact) mass is 207 g/mol. The number of aromatic nitrogens is 1. The number of nitrogens with zero attached hydrogens (tertiary/aromatic N) is 1. The van der Waals surface area contributed by atoms with E-state index in [-0.39, 0.29) is 0 Å². The first kappa shape index (κ1) is 9.28. The van der Waals surface area contributed by atoms with Gasteiger partial charge in [-0.3, -0.25) is 4.98 Å². The topological polar surface area (TPSA) is 22.1 Å². The molecule has 0 saturated carbocycles. The highest BCUT2D eigenvalue weighted by Crippen LogP contribution is 2.24. The fraction of sp³-hybridized carbons (Fsp3) is 0.182. The molecule has 2 rings (SSSR count). The van der Waals surface area contributed by atoms with Crippen LogP contribution in [-0.4, -0.2) is 17.5 Å². The van der Waals surface area contributed by atoms with E-state index >= 15 is 0 Å². The highest BCUT2D eigenvalue weighted by atomic mass is 35.5. The zero-order valence-corrected chi connectivity index (χ0v) is 8.37. The minimum Gasteiger partial charge on any atom is -0.492 e. The number of fused-ring (bicyclic) bond motifs is 1. The second-order valence-electron chi connectivity index (χ2n) is 2.89. The Labute approximate surface area is 87.5 Å². The number of alkyl halides is 1. The number of rotatable bonds is 3. The molecular formula is C11H10ClNO. The predicted octanol–water partition coefficient (Wildman–Crippen LogP) is 2.85. The van der Waals surface area contributed by atoms with Gasteiger partial charge in [-0.05, 0) is 12.1 Å². The molecule has 1 aromatic carbocycles. The Bertz CT molecular complexity index is 425. The number of ether oxygens (including phenoxy) is 1. The fourth-order valence-electron chi connectivity index (χ4n) is 1.37. The fourth-order valence-corrected chi connectivity index (χ4v) is 1.44. The van der Waals surface area contributed by atoms with Gasteiger partial charge >= 0.3 is 0 Å². The van der Waals surface area contributed by atoms with Crippen molar-refractivity contribution in [3.63, 3.8) is 0 Å². The summed E-state index contributed by atoms with van der Waals surface area (Å²) in [6, 6.07) is 7.84. The van der Waals surface area contributed by atoms with Crippen LogP contribution in [0.25, 0.3) is 10.8 Å². The van der Waals surface area contributed by atoms with Crippen LogP contribution in [0.1, 0.15) is 0 Å². The summed E-state index contributed by atoms with van der Waals surface area (Å²) in [6.07, 6.45) is 3.58. The van der Waals surface area contributed by atoms with Gasteiger partial charge in [0, 0.05) is 23.2 Å². The summed E-state index contributed by atoms with van der Waals surface area (Å²) in [6.45, 7) is 0.531. The van der Waals surface area contributed by atoms with Crippen molar-refractivity contribution in [3.8, 4) is 5.75 Å². The molecule has 0 bridgehead atoms. The van der Waals surface area contributed by atoms with Crippen LogP contribution in [0.2, 0.25) is 0 Å². The van der Waals surface area contributed by atoms with E-state index in [9.17, 15) is 0 Å². The minimum absolute atomic E-state index is 0.501. The Morgan fingerprint density at radius 2 is 2.21 bits per heavy atom. The zero-order valence-electron chi connectivity index (χ0n) is 7.61. The molecule has 0 N–H and O–H groups in total. The molecule has 3 heteroatoms. The Morgan fingerprint density at radius 1 is 1.29 bits per heavy atom. The molecule has 0 amide bonds. The van der Waals surface area contributed by atoms with E-state index in [0.29, 0.717) is 12.5 Å². The molecule has 0 aliphatic rings. The lowest BCUT2D eigenvalue weighted by Crippen LogP contribution is -1.98. The quantitative estimate of drug-likeness (QED) is 0.723. The van der Waals surface area contributed by atoms with Gasteiger partial charge in [0.25, 0.3) is 0 Å². The van der Waals surface area contributed by atoms with Crippen molar-refractivity contribution in [1.29, 1.82) is 0 Å². The summed E-state index contributed by atoms with van der Waals surface area (Å²) in [5.41, 5.74) is 0. The van der Waals surface area contributed by atoms with Gasteiger partial charge in [0.2, 0.25) is 0 Å². The van der Waals surface area contributed by atoms with E-state index in [1.54, 1.807) is 6.20 Å². The number of hydrogen-bond acceptors (Lipinski definition) is 2. The van der Waals surface area contributed by atoms with Gasteiger partial charge in [-0.1, -0.05) is 12.1 Å². The first-order valence-corrected chi connectivity index (χ1v) is 4.97. The highest BCUT2D eigenvalue weighted by molar-refractivity contribution is 6.18. The van der Waals surface area contributed by atoms with Crippen LogP contribution in [-0.2, 0) is 0 Å². The lowest BCUT2D eigenvalue weighted by atomic mass is 10.1. The number of halogens is 1. The molecule has 2 aromatic rings. The summed E-state index contributed by atoms with van der Waals surface area (Å²) in [4.78, 5) is 4.05. The second-order valence-corrected chi connectivity index (χ2v) is 3.27. The van der Waals surface area contributed by atoms with Gasteiger partial charge in [-0.2, -0.15) is 0 Å². The van der Waals surface area contributed by atoms with E-state index in [1.165, 1.54) is 0 Å². The van der Waals surface area contributed by atoms with Crippen LogP contribution in [0.3, 0.4) is 0 Å². The van der Waals surface area contributed by atoms with Gasteiger partial charge in [0.1, 0.15) is 12.4 Å². The Morgan fingerprint density at radius 3 is 3.07 bits per heavy atom. The Balaban J connectivity index is 2.43. The maximum absolute atomic E-state index is 5.57. The van der Waals surface area contributed by atoms with Crippen molar-refractivity contribution in [2.24, 2.45) is 0 Å². The molecule has 0 aliphatic heterocycles. The number of pyridine rings is 1. The number of benzene rings is 1. The smallest absolute Gasteiger partial charge is 0.127 e. The molecule has 72 valence electrons. The van der Waals surface area contributed by atoms with Crippen LogP contribution >= 0.6 is 11.6 Å². The molecule has 2 nitrogen and oxygen atoms in total. The predicted molar refractivity (Wildman–Crippen MR) is 58.0 cm³/mol. The molecule has 0 radical (unpaired) electrons. The molecule has 0 unspecified atom stereocenters. The highest BCUT2D eigenvalue weighted by Gasteiger charge is 2.00. The Kier molecular flexibility index (Phi) is 2.84. The Hall–Kier alpha value is -1.28. The van der Waals surface area contributed by atoms with Gasteiger partial charge in [-0.25, -0.2) is 0 Å². The summed E-state index contributed by atoms with van der Waals surface area (Å²) >= 11 is 5.57. The van der Waals surface area contributed by atoms with Crippen molar-refractivity contribution in [2.75, 3.05) is 12.5 Å². The first-order chi connectivity index (χ1) is 6.92. The van der Waals surface area contributed by atoms with Crippen LogP contribution in [0, 0.1) is 0 Å². The maximum atomic E-state index is 5.57. The lowest BCUT2D eigenvalue weighted by molar-refractivity contribution is 0.347. The zero-order chi connectivity index (χ0) is 9.80. The third-order valence-electron chi connectivity index (χ3n) is 1.98. The van der Waals surface area contributed by atoms with Crippen LogP contribution in [0.4, 0.5) is 0 Å². The lowest BCUT2D eigenvalue weighted by Gasteiger charge is -2.06. The van der Waals surface area contributed by atoms with Crippen molar-refractivity contribution in [3.05, 3.63) is 36.7 Å². The largest absolute Gasteiger partial charge is 0.492 e. The van der Waals surface area contributed by atoms with Gasteiger partial charge in [0.05, 0.1) is 5.88 Å². The molecule has 1 heterocycles. The van der Waals surface area contributed by atoms with E-state index in [1.807, 2.05) is 30.5 Å². The van der Waals surface area contributed by atoms with Crippen LogP contribution in [0.5, 0.6) is 5.75 Å². The molecule has 14 heavy (non-hydrogen) atoms. The summed E-state index contributed by atoms with van der Waals surface area (Å²) < 4.78 is 5.51. The SMILES string of the molecule is ClCCOc1cccc2cnccc12. The molecule has 0 fully saturated rings. The molecular weight excluding hydrogens is 198 g/mol. The summed E-state index contributed by atoms with van der Waals surface area (Å²) in [5, 5.41) is 2.16. The molecule has 1 aromatic heterocycles. The summed E-state index contributed by atoms with van der Waals surface area (Å²) in [5.74, 6) is 1.37. The van der Waals surface area contributed by atoms with E-state index < -0.39 is 0 Å². The van der Waals surface area contributed by atoms with Crippen molar-refractivity contribution in [1.82, 2.24) is 4.98 Å². The maximum Gasteiger partial charge on any atom is 0.127 e. The number of hydrogen-bond donors (Lipinski definition) is 0. The second kappa shape index (κ2) is 4.29. The molecule has 0 saturated heterocycles. The standard InChI is InChI=1S/C11H10ClNO/c12-5-7-14-11-3-1-2-9-8-13-6-4-10(9)11/h1-4,6,8H,5,7H2. The average Bonchev–Trinajstić information content (AvgIpc) is 2.26. The molecule has 0 atom stereocenters. The van der Waals surface area contributed by atoms with Crippen molar-refractivity contribution in [2.45, 2.75) is 0 Å². The first-order valence-electron chi connectivity index (χ1n) is 4.43. The average molecular weight is 208 g/mol. The molecule has 0 aliphatic carbocycles. The third kappa shape index (κ3) is 1.80.